The number of aromatic amines is 1. The Morgan fingerprint density at radius 2 is 2.12 bits per heavy atom. The maximum Gasteiger partial charge on any atom is 0.275 e. The van der Waals surface area contributed by atoms with E-state index >= 15 is 0 Å². The van der Waals surface area contributed by atoms with Crippen LogP contribution in [0.2, 0.25) is 0 Å². The van der Waals surface area contributed by atoms with Crippen molar-refractivity contribution in [1.82, 2.24) is 14.5 Å². The van der Waals surface area contributed by atoms with E-state index in [1.54, 1.807) is 11.3 Å². The van der Waals surface area contributed by atoms with E-state index in [1.165, 1.54) is 0 Å². The molecule has 2 N–H and O–H groups in total. The van der Waals surface area contributed by atoms with Crippen LogP contribution in [-0.2, 0) is 6.42 Å². The number of H-pyrrole nitrogens is 1. The molecule has 5 nitrogen and oxygen atoms in total. The molecule has 0 aliphatic rings. The fourth-order valence-electron chi connectivity index (χ4n) is 2.65. The highest BCUT2D eigenvalue weighted by Crippen LogP contribution is 2.24. The molecule has 0 saturated carbocycles. The molecule has 3 aromatic heterocycles. The summed E-state index contributed by atoms with van der Waals surface area (Å²) in [5.41, 5.74) is 2.32. The second-order valence-electron chi connectivity index (χ2n) is 5.45. The predicted molar refractivity (Wildman–Crippen MR) is 97.1 cm³/mol. The number of rotatable bonds is 4. The number of nitrogens with one attached hydrogen (secondary N) is 2. The maximum atomic E-state index is 12.7. The van der Waals surface area contributed by atoms with Crippen LogP contribution in [0.4, 0.5) is 5.69 Å². The molecule has 0 aliphatic heterocycles. The average Bonchev–Trinajstić information content (AvgIpc) is 3.32. The Morgan fingerprint density at radius 1 is 1.29 bits per heavy atom. The predicted octanol–water partition coefficient (Wildman–Crippen LogP) is 4.23. The van der Waals surface area contributed by atoms with Crippen LogP contribution in [0.1, 0.15) is 22.3 Å². The van der Waals surface area contributed by atoms with Gasteiger partial charge < -0.3 is 14.9 Å². The lowest BCUT2D eigenvalue weighted by Gasteiger charge is -2.04. The van der Waals surface area contributed by atoms with E-state index in [1.807, 2.05) is 66.5 Å². The van der Waals surface area contributed by atoms with Crippen LogP contribution >= 0.6 is 11.3 Å². The molecular weight excluding hydrogens is 320 g/mol. The highest BCUT2D eigenvalue weighted by atomic mass is 32.1. The van der Waals surface area contributed by atoms with E-state index in [0.717, 1.165) is 33.0 Å². The Kier molecular flexibility index (Phi) is 3.66. The third kappa shape index (κ3) is 2.61. The Morgan fingerprint density at radius 3 is 2.92 bits per heavy atom. The highest BCUT2D eigenvalue weighted by molar-refractivity contribution is 7.14. The van der Waals surface area contributed by atoms with Crippen LogP contribution in [-0.4, -0.2) is 20.4 Å². The Hall–Kier alpha value is -2.86. The van der Waals surface area contributed by atoms with E-state index in [9.17, 15) is 4.79 Å². The molecule has 0 bridgehead atoms. The van der Waals surface area contributed by atoms with E-state index in [0.29, 0.717) is 5.69 Å². The number of aryl methyl sites for hydroxylation is 1. The lowest BCUT2D eigenvalue weighted by atomic mass is 10.2. The number of carbonyl (C=O) groups excluding carboxylic acids is 1. The van der Waals surface area contributed by atoms with Crippen LogP contribution < -0.4 is 5.32 Å². The van der Waals surface area contributed by atoms with E-state index < -0.39 is 0 Å². The number of carbonyl (C=O) groups is 1. The largest absolute Gasteiger partial charge is 0.361 e. The first kappa shape index (κ1) is 14.7. The molecule has 0 spiro atoms. The van der Waals surface area contributed by atoms with E-state index in [4.69, 9.17) is 0 Å². The highest BCUT2D eigenvalue weighted by Gasteiger charge is 2.18. The Bertz CT molecular complexity index is 997. The SMILES string of the molecule is CCc1sc(-n2cccc2)nc1C(=O)Nc1ccc2[nH]ccc2c1. The van der Waals surface area contributed by atoms with Crippen LogP contribution in [0.15, 0.2) is 55.0 Å². The number of amides is 1. The summed E-state index contributed by atoms with van der Waals surface area (Å²) in [6.07, 6.45) is 6.52. The van der Waals surface area contributed by atoms with Crippen molar-refractivity contribution >= 4 is 33.8 Å². The van der Waals surface area contributed by atoms with Gasteiger partial charge in [0.05, 0.1) is 0 Å². The second kappa shape index (κ2) is 5.98. The standard InChI is InChI=1S/C18H16N4OS/c1-2-15-16(21-18(24-15)22-9-3-4-10-22)17(23)20-13-5-6-14-12(11-13)7-8-19-14/h3-11,19H,2H2,1H3,(H,20,23). The van der Waals surface area contributed by atoms with Crippen LogP contribution in [0.25, 0.3) is 16.0 Å². The quantitative estimate of drug-likeness (QED) is 0.586. The van der Waals surface area contributed by atoms with Gasteiger partial charge in [-0.3, -0.25) is 4.79 Å². The van der Waals surface area contributed by atoms with Crippen LogP contribution in [0.5, 0.6) is 0 Å². The number of nitrogens with zero attached hydrogens (tertiary/aromatic N) is 2. The number of anilines is 1. The molecule has 120 valence electrons. The summed E-state index contributed by atoms with van der Waals surface area (Å²) >= 11 is 1.55. The number of thiazole rings is 1. The molecule has 6 heteroatoms. The molecule has 24 heavy (non-hydrogen) atoms. The second-order valence-corrected chi connectivity index (χ2v) is 6.51. The number of benzene rings is 1. The first-order chi connectivity index (χ1) is 11.7. The molecule has 0 radical (unpaired) electrons. The minimum absolute atomic E-state index is 0.170. The van der Waals surface area contributed by atoms with Gasteiger partial charge in [-0.05, 0) is 42.8 Å². The zero-order valence-electron chi connectivity index (χ0n) is 13.1. The molecule has 1 aromatic carbocycles. The zero-order chi connectivity index (χ0) is 16.5. The van der Waals surface area contributed by atoms with Gasteiger partial charge in [0.2, 0.25) is 0 Å². The zero-order valence-corrected chi connectivity index (χ0v) is 13.9. The first-order valence-corrected chi connectivity index (χ1v) is 8.58. The smallest absolute Gasteiger partial charge is 0.275 e. The summed E-state index contributed by atoms with van der Waals surface area (Å²) < 4.78 is 1.92. The molecule has 3 heterocycles. The summed E-state index contributed by atoms with van der Waals surface area (Å²) in [5.74, 6) is -0.170. The molecule has 0 atom stereocenters. The van der Waals surface area contributed by atoms with Gasteiger partial charge in [0.25, 0.3) is 5.91 Å². The summed E-state index contributed by atoms with van der Waals surface area (Å²) in [6.45, 7) is 2.04. The fraction of sp³-hybridized carbons (Fsp3) is 0.111. The van der Waals surface area contributed by atoms with Gasteiger partial charge in [-0.15, -0.1) is 11.3 Å². The summed E-state index contributed by atoms with van der Waals surface area (Å²) in [4.78, 5) is 21.3. The van der Waals surface area contributed by atoms with Crippen LogP contribution in [0, 0.1) is 0 Å². The van der Waals surface area contributed by atoms with E-state index in [-0.39, 0.29) is 5.91 Å². The van der Waals surface area contributed by atoms with Crippen molar-refractivity contribution in [2.45, 2.75) is 13.3 Å². The number of aromatic nitrogens is 3. The van der Waals surface area contributed by atoms with Crippen molar-refractivity contribution in [3.8, 4) is 5.13 Å². The van der Waals surface area contributed by atoms with E-state index in [2.05, 4.69) is 15.3 Å². The van der Waals surface area contributed by atoms with Gasteiger partial charge >= 0.3 is 0 Å². The summed E-state index contributed by atoms with van der Waals surface area (Å²) in [7, 11) is 0. The van der Waals surface area contributed by atoms with Crippen molar-refractivity contribution in [2.75, 3.05) is 5.32 Å². The average molecular weight is 336 g/mol. The summed E-state index contributed by atoms with van der Waals surface area (Å²) in [5, 5.41) is 4.83. The first-order valence-electron chi connectivity index (χ1n) is 7.76. The lowest BCUT2D eigenvalue weighted by Crippen LogP contribution is -2.14. The van der Waals surface area contributed by atoms with Gasteiger partial charge in [-0.25, -0.2) is 4.98 Å². The molecule has 0 aliphatic carbocycles. The Balaban J connectivity index is 1.63. The minimum Gasteiger partial charge on any atom is -0.361 e. The molecule has 4 aromatic rings. The van der Waals surface area contributed by atoms with Crippen molar-refractivity contribution in [2.24, 2.45) is 0 Å². The number of hydrogen-bond donors (Lipinski definition) is 2. The number of fused-ring (bicyclic) bond motifs is 1. The normalized spacial score (nSPS) is 11.0. The monoisotopic (exact) mass is 336 g/mol. The van der Waals surface area contributed by atoms with Gasteiger partial charge in [-0.1, -0.05) is 6.92 Å². The maximum absolute atomic E-state index is 12.7. The Labute approximate surface area is 143 Å². The third-order valence-corrected chi connectivity index (χ3v) is 5.07. The van der Waals surface area contributed by atoms with Gasteiger partial charge in [0.15, 0.2) is 5.13 Å². The van der Waals surface area contributed by atoms with Gasteiger partial charge in [-0.2, -0.15) is 0 Å². The van der Waals surface area contributed by atoms with Crippen LogP contribution in [0.3, 0.4) is 0 Å². The molecule has 0 fully saturated rings. The molecular formula is C18H16N4OS. The van der Waals surface area contributed by atoms with Gasteiger partial charge in [0.1, 0.15) is 5.69 Å². The molecule has 1 amide bonds. The lowest BCUT2D eigenvalue weighted by molar-refractivity contribution is 0.102. The van der Waals surface area contributed by atoms with Gasteiger partial charge in [0, 0.05) is 40.1 Å². The minimum atomic E-state index is -0.170. The summed E-state index contributed by atoms with van der Waals surface area (Å²) in [6, 6.07) is 11.7. The number of hydrogen-bond acceptors (Lipinski definition) is 3. The molecule has 0 saturated heterocycles. The van der Waals surface area contributed by atoms with Crippen molar-refractivity contribution in [3.05, 3.63) is 65.6 Å². The topological polar surface area (TPSA) is 62.7 Å². The third-order valence-electron chi connectivity index (χ3n) is 3.86. The molecule has 0 unspecified atom stereocenters. The van der Waals surface area contributed by atoms with Crippen molar-refractivity contribution in [3.63, 3.8) is 0 Å². The van der Waals surface area contributed by atoms with Crippen molar-refractivity contribution in [1.29, 1.82) is 0 Å². The fourth-order valence-corrected chi connectivity index (χ4v) is 3.61. The van der Waals surface area contributed by atoms with Crippen molar-refractivity contribution < 1.29 is 4.79 Å². The molecule has 4 rings (SSSR count).